The number of hydrogen-bond donors (Lipinski definition) is 0. The molecule has 2 rings (SSSR count). The van der Waals surface area contributed by atoms with E-state index in [0.717, 1.165) is 6.07 Å². The van der Waals surface area contributed by atoms with Gasteiger partial charge in [0.2, 0.25) is 0 Å². The number of ether oxygens (including phenoxy) is 2. The molecule has 8 heteroatoms. The summed E-state index contributed by atoms with van der Waals surface area (Å²) in [6, 6.07) is 3.81. The van der Waals surface area contributed by atoms with E-state index in [1.54, 1.807) is 0 Å². The maximum absolute atomic E-state index is 12.3. The molecule has 1 aliphatic heterocycles. The van der Waals surface area contributed by atoms with Gasteiger partial charge in [-0.05, 0) is 33.8 Å². The summed E-state index contributed by atoms with van der Waals surface area (Å²) in [6.07, 6.45) is -4.75. The lowest BCUT2D eigenvalue weighted by atomic mass is 9.78. The van der Waals surface area contributed by atoms with Gasteiger partial charge >= 0.3 is 13.5 Å². The fourth-order valence-electron chi connectivity index (χ4n) is 2.05. The van der Waals surface area contributed by atoms with E-state index in [0.29, 0.717) is 5.46 Å². The van der Waals surface area contributed by atoms with E-state index in [9.17, 15) is 13.2 Å². The first-order valence-corrected chi connectivity index (χ1v) is 6.74. The van der Waals surface area contributed by atoms with Gasteiger partial charge in [0.1, 0.15) is 11.5 Å². The molecule has 0 unspecified atom stereocenters. The number of halogens is 3. The highest BCUT2D eigenvalue weighted by atomic mass is 19.4. The molecule has 122 valence electrons. The Morgan fingerprint density at radius 3 is 2.05 bits per heavy atom. The third-order valence-electron chi connectivity index (χ3n) is 3.95. The van der Waals surface area contributed by atoms with E-state index >= 15 is 0 Å². The molecule has 0 aliphatic carbocycles. The second-order valence-electron chi connectivity index (χ2n) is 6.04. The van der Waals surface area contributed by atoms with Gasteiger partial charge in [0.15, 0.2) is 0 Å². The highest BCUT2D eigenvalue weighted by Gasteiger charge is 2.52. The van der Waals surface area contributed by atoms with Crippen LogP contribution in [0.25, 0.3) is 0 Å². The van der Waals surface area contributed by atoms with Crippen LogP contribution in [0.2, 0.25) is 0 Å². The predicted molar refractivity (Wildman–Crippen MR) is 75.4 cm³/mol. The number of hydrogen-bond acceptors (Lipinski definition) is 4. The van der Waals surface area contributed by atoms with E-state index < -0.39 is 24.7 Å². The maximum atomic E-state index is 12.3. The van der Waals surface area contributed by atoms with Crippen LogP contribution in [0.3, 0.4) is 0 Å². The summed E-state index contributed by atoms with van der Waals surface area (Å²) in [5.41, 5.74) is -0.594. The minimum absolute atomic E-state index is 0.209. The molecule has 1 aromatic rings. The van der Waals surface area contributed by atoms with Crippen LogP contribution in [0.15, 0.2) is 18.2 Å². The van der Waals surface area contributed by atoms with Gasteiger partial charge in [0.25, 0.3) is 0 Å². The van der Waals surface area contributed by atoms with E-state index in [1.807, 2.05) is 27.7 Å². The molecule has 4 nitrogen and oxygen atoms in total. The Hall–Kier alpha value is -1.41. The summed E-state index contributed by atoms with van der Waals surface area (Å²) in [4.78, 5) is 0. The molecule has 0 aromatic heterocycles. The van der Waals surface area contributed by atoms with Crippen LogP contribution in [0.4, 0.5) is 13.2 Å². The molecular weight excluding hydrogens is 300 g/mol. The molecular formula is C14H18BF3O4. The van der Waals surface area contributed by atoms with Crippen molar-refractivity contribution in [3.63, 3.8) is 0 Å². The molecule has 1 fully saturated rings. The number of benzene rings is 1. The van der Waals surface area contributed by atoms with Gasteiger partial charge in [-0.2, -0.15) is 0 Å². The first-order valence-electron chi connectivity index (χ1n) is 6.74. The Kier molecular flexibility index (Phi) is 4.12. The fourth-order valence-corrected chi connectivity index (χ4v) is 2.05. The van der Waals surface area contributed by atoms with Gasteiger partial charge in [-0.3, -0.25) is 0 Å². The van der Waals surface area contributed by atoms with Crippen molar-refractivity contribution in [1.29, 1.82) is 0 Å². The largest absolute Gasteiger partial charge is 0.573 e. The number of methoxy groups -OCH3 is 1. The summed E-state index contributed by atoms with van der Waals surface area (Å²) in [5, 5.41) is 0. The van der Waals surface area contributed by atoms with Crippen molar-refractivity contribution in [2.24, 2.45) is 0 Å². The monoisotopic (exact) mass is 318 g/mol. The van der Waals surface area contributed by atoms with Crippen LogP contribution in [0.1, 0.15) is 27.7 Å². The summed E-state index contributed by atoms with van der Waals surface area (Å²) in [5.74, 6) is -0.148. The zero-order valence-corrected chi connectivity index (χ0v) is 13.1. The Bertz CT molecular complexity index is 542. The Morgan fingerprint density at radius 1 is 1.05 bits per heavy atom. The van der Waals surface area contributed by atoms with Gasteiger partial charge in [-0.1, -0.05) is 6.07 Å². The molecule has 0 bridgehead atoms. The predicted octanol–water partition coefficient (Wildman–Crippen LogP) is 2.89. The topological polar surface area (TPSA) is 36.9 Å². The van der Waals surface area contributed by atoms with Crippen molar-refractivity contribution in [2.75, 3.05) is 7.11 Å². The number of rotatable bonds is 3. The van der Waals surface area contributed by atoms with Crippen LogP contribution in [0, 0.1) is 0 Å². The maximum Gasteiger partial charge on any atom is 0.573 e. The SMILES string of the molecule is COc1cc(OC(F)(F)F)ccc1B1OC(C)(C)C(C)(C)O1. The van der Waals surface area contributed by atoms with Crippen molar-refractivity contribution < 1.29 is 32.0 Å². The lowest BCUT2D eigenvalue weighted by Gasteiger charge is -2.32. The van der Waals surface area contributed by atoms with E-state index in [-0.39, 0.29) is 11.5 Å². The van der Waals surface area contributed by atoms with E-state index in [4.69, 9.17) is 14.0 Å². The second-order valence-corrected chi connectivity index (χ2v) is 6.04. The van der Waals surface area contributed by atoms with Gasteiger partial charge in [-0.15, -0.1) is 13.2 Å². The summed E-state index contributed by atoms with van der Waals surface area (Å²) < 4.78 is 57.6. The zero-order valence-electron chi connectivity index (χ0n) is 13.1. The lowest BCUT2D eigenvalue weighted by molar-refractivity contribution is -0.274. The first-order chi connectivity index (χ1) is 9.95. The molecule has 0 atom stereocenters. The van der Waals surface area contributed by atoms with Crippen LogP contribution >= 0.6 is 0 Å². The molecule has 22 heavy (non-hydrogen) atoms. The quantitative estimate of drug-likeness (QED) is 0.803. The molecule has 0 amide bonds. The zero-order chi connectivity index (χ0) is 16.8. The minimum Gasteiger partial charge on any atom is -0.497 e. The lowest BCUT2D eigenvalue weighted by Crippen LogP contribution is -2.41. The number of alkyl halides is 3. The molecule has 1 aromatic carbocycles. The fraction of sp³-hybridized carbons (Fsp3) is 0.571. The summed E-state index contributed by atoms with van der Waals surface area (Å²) >= 11 is 0. The van der Waals surface area contributed by atoms with Gasteiger partial charge in [0, 0.05) is 11.5 Å². The van der Waals surface area contributed by atoms with Gasteiger partial charge in [-0.25, -0.2) is 0 Å². The van der Waals surface area contributed by atoms with Crippen LogP contribution in [-0.2, 0) is 9.31 Å². The Balaban J connectivity index is 2.30. The molecule has 1 saturated heterocycles. The Labute approximate surface area is 127 Å². The summed E-state index contributed by atoms with van der Waals surface area (Å²) in [6.45, 7) is 7.56. The molecule has 0 N–H and O–H groups in total. The van der Waals surface area contributed by atoms with Crippen LogP contribution in [0.5, 0.6) is 11.5 Å². The average molecular weight is 318 g/mol. The Morgan fingerprint density at radius 2 is 1.59 bits per heavy atom. The van der Waals surface area contributed by atoms with Gasteiger partial charge in [0.05, 0.1) is 18.3 Å². The van der Waals surface area contributed by atoms with Crippen molar-refractivity contribution in [3.05, 3.63) is 18.2 Å². The standard InChI is InChI=1S/C14H18BF3O4/c1-12(2)13(3,4)22-15(21-12)10-7-6-9(8-11(10)19-5)20-14(16,17)18/h6-8H,1-5H3. The average Bonchev–Trinajstić information content (AvgIpc) is 2.56. The van der Waals surface area contributed by atoms with Gasteiger partial charge < -0.3 is 18.8 Å². The molecule has 1 heterocycles. The molecule has 0 saturated carbocycles. The smallest absolute Gasteiger partial charge is 0.497 e. The highest BCUT2D eigenvalue weighted by molar-refractivity contribution is 6.63. The van der Waals surface area contributed by atoms with Crippen molar-refractivity contribution >= 4 is 12.6 Å². The minimum atomic E-state index is -4.75. The normalized spacial score (nSPS) is 20.1. The van der Waals surface area contributed by atoms with E-state index in [2.05, 4.69) is 4.74 Å². The highest BCUT2D eigenvalue weighted by Crippen LogP contribution is 2.37. The van der Waals surface area contributed by atoms with E-state index in [1.165, 1.54) is 19.2 Å². The van der Waals surface area contributed by atoms with Crippen LogP contribution in [-0.4, -0.2) is 31.8 Å². The molecule has 0 spiro atoms. The molecule has 0 radical (unpaired) electrons. The molecule has 1 aliphatic rings. The van der Waals surface area contributed by atoms with Crippen molar-refractivity contribution in [3.8, 4) is 11.5 Å². The third kappa shape index (κ3) is 3.33. The summed E-state index contributed by atoms with van der Waals surface area (Å²) in [7, 11) is 0.640. The van der Waals surface area contributed by atoms with Crippen LogP contribution < -0.4 is 14.9 Å². The first kappa shape index (κ1) is 17.0. The van der Waals surface area contributed by atoms with Crippen molar-refractivity contribution in [1.82, 2.24) is 0 Å². The van der Waals surface area contributed by atoms with Crippen molar-refractivity contribution in [2.45, 2.75) is 45.3 Å². The second kappa shape index (κ2) is 5.35. The third-order valence-corrected chi connectivity index (χ3v) is 3.95.